The lowest BCUT2D eigenvalue weighted by atomic mass is 10.1. The van der Waals surface area contributed by atoms with Crippen LogP contribution in [0.4, 0.5) is 0 Å². The van der Waals surface area contributed by atoms with Gasteiger partial charge in [-0.3, -0.25) is 4.79 Å². The first-order chi connectivity index (χ1) is 6.71. The van der Waals surface area contributed by atoms with Crippen LogP contribution in [0.5, 0.6) is 0 Å². The Labute approximate surface area is 88.4 Å². The Morgan fingerprint density at radius 2 is 2.43 bits per heavy atom. The monoisotopic (exact) mass is 216 g/mol. The molecule has 0 heterocycles. The molecule has 0 aromatic carbocycles. The van der Waals surface area contributed by atoms with Crippen molar-refractivity contribution in [3.05, 3.63) is 12.7 Å². The summed E-state index contributed by atoms with van der Waals surface area (Å²) in [7, 11) is 1.57. The number of carbonyl (C=O) groups is 1. The highest BCUT2D eigenvalue weighted by molar-refractivity contribution is 8.14. The van der Waals surface area contributed by atoms with Crippen molar-refractivity contribution in [2.75, 3.05) is 12.8 Å². The van der Waals surface area contributed by atoms with Gasteiger partial charge in [0.05, 0.1) is 5.92 Å². The van der Waals surface area contributed by atoms with Crippen LogP contribution >= 0.6 is 11.8 Å². The van der Waals surface area contributed by atoms with Crippen LogP contribution in [0.3, 0.4) is 0 Å². The first-order valence-electron chi connectivity index (χ1n) is 4.38. The molecular formula is C9H16N2O2S. The molecule has 0 aliphatic carbocycles. The zero-order valence-corrected chi connectivity index (χ0v) is 9.30. The van der Waals surface area contributed by atoms with E-state index in [4.69, 9.17) is 5.21 Å². The van der Waals surface area contributed by atoms with Gasteiger partial charge in [-0.25, -0.2) is 0 Å². The molecule has 0 radical (unpaired) electrons. The molecule has 80 valence electrons. The van der Waals surface area contributed by atoms with E-state index >= 15 is 0 Å². The van der Waals surface area contributed by atoms with Crippen LogP contribution in [0, 0.1) is 5.92 Å². The van der Waals surface area contributed by atoms with Gasteiger partial charge in [0.2, 0.25) is 5.91 Å². The van der Waals surface area contributed by atoms with Gasteiger partial charge in [0.1, 0.15) is 5.04 Å². The van der Waals surface area contributed by atoms with Crippen molar-refractivity contribution in [3.8, 4) is 0 Å². The second-order valence-electron chi connectivity index (χ2n) is 2.61. The number of nitrogens with zero attached hydrogens (tertiary/aromatic N) is 1. The Hall–Kier alpha value is -0.970. The van der Waals surface area contributed by atoms with Crippen LogP contribution in [0.2, 0.25) is 0 Å². The molecule has 0 fully saturated rings. The Bertz CT molecular complexity index is 229. The van der Waals surface area contributed by atoms with Gasteiger partial charge in [-0.15, -0.1) is 18.3 Å². The maximum atomic E-state index is 11.4. The van der Waals surface area contributed by atoms with E-state index in [0.29, 0.717) is 17.2 Å². The van der Waals surface area contributed by atoms with E-state index in [2.05, 4.69) is 17.1 Å². The van der Waals surface area contributed by atoms with E-state index in [0.717, 1.165) is 0 Å². The average molecular weight is 216 g/mol. The van der Waals surface area contributed by atoms with Gasteiger partial charge in [0.25, 0.3) is 0 Å². The minimum absolute atomic E-state index is 0.128. The fraction of sp³-hybridized carbons (Fsp3) is 0.556. The Morgan fingerprint density at radius 3 is 2.79 bits per heavy atom. The summed E-state index contributed by atoms with van der Waals surface area (Å²) < 4.78 is 0. The van der Waals surface area contributed by atoms with Crippen LogP contribution < -0.4 is 5.32 Å². The summed E-state index contributed by atoms with van der Waals surface area (Å²) in [6.07, 6.45) is 2.32. The third kappa shape index (κ3) is 3.83. The first kappa shape index (κ1) is 13.0. The molecule has 4 nitrogen and oxygen atoms in total. The molecule has 0 aliphatic heterocycles. The third-order valence-corrected chi connectivity index (χ3v) is 2.78. The van der Waals surface area contributed by atoms with Crippen molar-refractivity contribution < 1.29 is 10.0 Å². The average Bonchev–Trinajstić information content (AvgIpc) is 2.23. The molecule has 1 unspecified atom stereocenters. The number of rotatable bonds is 5. The summed E-state index contributed by atoms with van der Waals surface area (Å²) in [6, 6.07) is 0. The van der Waals surface area contributed by atoms with Gasteiger partial charge in [-0.1, -0.05) is 18.2 Å². The minimum atomic E-state index is -0.366. The van der Waals surface area contributed by atoms with Crippen molar-refractivity contribution >= 4 is 22.7 Å². The first-order valence-corrected chi connectivity index (χ1v) is 5.37. The van der Waals surface area contributed by atoms with E-state index < -0.39 is 0 Å². The smallest absolute Gasteiger partial charge is 0.229 e. The zero-order valence-electron chi connectivity index (χ0n) is 8.49. The number of hydrogen-bond donors (Lipinski definition) is 2. The molecule has 1 atom stereocenters. The lowest BCUT2D eigenvalue weighted by Crippen LogP contribution is -2.31. The van der Waals surface area contributed by atoms with Gasteiger partial charge in [-0.2, -0.15) is 0 Å². The lowest BCUT2D eigenvalue weighted by Gasteiger charge is -2.13. The Kier molecular flexibility index (Phi) is 6.92. The quantitative estimate of drug-likeness (QED) is 0.240. The highest BCUT2D eigenvalue weighted by Gasteiger charge is 2.22. The number of nitrogens with one attached hydrogen (secondary N) is 1. The molecule has 0 saturated carbocycles. The van der Waals surface area contributed by atoms with Crippen molar-refractivity contribution in [1.29, 1.82) is 0 Å². The van der Waals surface area contributed by atoms with Crippen molar-refractivity contribution in [3.63, 3.8) is 0 Å². The topological polar surface area (TPSA) is 61.7 Å². The van der Waals surface area contributed by atoms with E-state index in [9.17, 15) is 4.79 Å². The summed E-state index contributed by atoms with van der Waals surface area (Å²) >= 11 is 1.32. The predicted molar refractivity (Wildman–Crippen MR) is 59.7 cm³/mol. The molecule has 0 aromatic rings. The van der Waals surface area contributed by atoms with Gasteiger partial charge in [0, 0.05) is 12.8 Å². The van der Waals surface area contributed by atoms with Gasteiger partial charge in [-0.05, 0) is 6.42 Å². The second-order valence-corrected chi connectivity index (χ2v) is 3.65. The van der Waals surface area contributed by atoms with Crippen LogP contribution in [0.1, 0.15) is 13.3 Å². The largest absolute Gasteiger partial charge is 0.410 e. The Balaban J connectivity index is 4.45. The second kappa shape index (κ2) is 7.44. The molecule has 14 heavy (non-hydrogen) atoms. The molecule has 0 saturated heterocycles. The molecular weight excluding hydrogens is 200 g/mol. The number of carbonyl (C=O) groups excluding carboxylic acids is 1. The Morgan fingerprint density at radius 1 is 1.79 bits per heavy atom. The highest BCUT2D eigenvalue weighted by atomic mass is 32.2. The number of hydrogen-bond acceptors (Lipinski definition) is 4. The highest BCUT2D eigenvalue weighted by Crippen LogP contribution is 2.16. The van der Waals surface area contributed by atoms with E-state index in [1.807, 2.05) is 6.92 Å². The van der Waals surface area contributed by atoms with Gasteiger partial charge >= 0.3 is 0 Å². The third-order valence-electron chi connectivity index (χ3n) is 1.72. The predicted octanol–water partition coefficient (Wildman–Crippen LogP) is 1.47. The molecule has 1 amide bonds. The normalized spacial score (nSPS) is 13.4. The van der Waals surface area contributed by atoms with Crippen LogP contribution in [-0.4, -0.2) is 29.0 Å². The van der Waals surface area contributed by atoms with Gasteiger partial charge < -0.3 is 10.5 Å². The van der Waals surface area contributed by atoms with E-state index in [-0.39, 0.29) is 11.8 Å². The summed E-state index contributed by atoms with van der Waals surface area (Å²) in [6.45, 7) is 5.43. The molecule has 2 N–H and O–H groups in total. The van der Waals surface area contributed by atoms with Crippen LogP contribution in [0.25, 0.3) is 0 Å². The maximum Gasteiger partial charge on any atom is 0.229 e. The molecule has 0 aromatic heterocycles. The van der Waals surface area contributed by atoms with E-state index in [1.54, 1.807) is 13.1 Å². The standard InChI is InChI=1S/C9H16N2O2S/c1-4-6-14-9(11-13)7(5-2)8(12)10-3/h4,7,13H,1,5-6H2,2-3H3,(H,10,12)/b11-9-. The van der Waals surface area contributed by atoms with Crippen molar-refractivity contribution in [2.24, 2.45) is 11.1 Å². The lowest BCUT2D eigenvalue weighted by molar-refractivity contribution is -0.122. The number of amides is 1. The van der Waals surface area contributed by atoms with Gasteiger partial charge in [0.15, 0.2) is 0 Å². The molecule has 0 bridgehead atoms. The molecule has 0 spiro atoms. The van der Waals surface area contributed by atoms with Crippen molar-refractivity contribution in [1.82, 2.24) is 5.32 Å². The molecule has 0 aliphatic rings. The number of thioether (sulfide) groups is 1. The SMILES string of the molecule is C=CCS/C(=N\O)C(CC)C(=O)NC. The minimum Gasteiger partial charge on any atom is -0.410 e. The summed E-state index contributed by atoms with van der Waals surface area (Å²) in [4.78, 5) is 11.4. The van der Waals surface area contributed by atoms with Crippen LogP contribution in [0.15, 0.2) is 17.8 Å². The summed E-state index contributed by atoms with van der Waals surface area (Å²) in [5.41, 5.74) is 0. The van der Waals surface area contributed by atoms with Crippen molar-refractivity contribution in [2.45, 2.75) is 13.3 Å². The fourth-order valence-corrected chi connectivity index (χ4v) is 1.81. The maximum absolute atomic E-state index is 11.4. The van der Waals surface area contributed by atoms with Crippen LogP contribution in [-0.2, 0) is 4.79 Å². The zero-order chi connectivity index (χ0) is 11.0. The van der Waals surface area contributed by atoms with E-state index in [1.165, 1.54) is 11.8 Å². The number of oxime groups is 1. The molecule has 5 heteroatoms. The fourth-order valence-electron chi connectivity index (χ4n) is 0.990. The summed E-state index contributed by atoms with van der Waals surface area (Å²) in [5, 5.41) is 14.9. The molecule has 0 rings (SSSR count). The summed E-state index contributed by atoms with van der Waals surface area (Å²) in [5.74, 6) is 0.138.